The van der Waals surface area contributed by atoms with Crippen LogP contribution < -0.4 is 5.32 Å². The van der Waals surface area contributed by atoms with Crippen LogP contribution in [0.3, 0.4) is 0 Å². The molecule has 16 heavy (non-hydrogen) atoms. The van der Waals surface area contributed by atoms with Crippen molar-refractivity contribution in [3.63, 3.8) is 0 Å². The Kier molecular flexibility index (Phi) is 2.95. The first-order valence-corrected chi connectivity index (χ1v) is 5.55. The van der Waals surface area contributed by atoms with Crippen LogP contribution in [0.15, 0.2) is 36.5 Å². The Morgan fingerprint density at radius 1 is 1.19 bits per heavy atom. The lowest BCUT2D eigenvalue weighted by Gasteiger charge is -2.09. The lowest BCUT2D eigenvalue weighted by Crippen LogP contribution is -2.10. The van der Waals surface area contributed by atoms with Gasteiger partial charge in [0.2, 0.25) is 0 Å². The highest BCUT2D eigenvalue weighted by Gasteiger charge is 2.07. The van der Waals surface area contributed by atoms with E-state index < -0.39 is 0 Å². The molecular formula is C13H17N3. The third-order valence-electron chi connectivity index (χ3n) is 2.45. The fraction of sp³-hybridized carbons (Fsp3) is 0.308. The Morgan fingerprint density at radius 3 is 2.50 bits per heavy atom. The molecule has 0 aliphatic rings. The zero-order valence-corrected chi connectivity index (χ0v) is 9.94. The molecule has 0 unspecified atom stereocenters. The summed E-state index contributed by atoms with van der Waals surface area (Å²) in [7, 11) is 0. The van der Waals surface area contributed by atoms with E-state index >= 15 is 0 Å². The maximum absolute atomic E-state index is 4.39. The first-order valence-electron chi connectivity index (χ1n) is 5.55. The first-order chi connectivity index (χ1) is 7.68. The second kappa shape index (κ2) is 4.39. The summed E-state index contributed by atoms with van der Waals surface area (Å²) < 4.78 is 1.95. The van der Waals surface area contributed by atoms with E-state index in [1.807, 2.05) is 29.1 Å². The summed E-state index contributed by atoms with van der Waals surface area (Å²) in [5.74, 6) is 0. The van der Waals surface area contributed by atoms with Gasteiger partial charge < -0.3 is 5.32 Å². The fourth-order valence-electron chi connectivity index (χ4n) is 1.69. The number of rotatable bonds is 3. The van der Waals surface area contributed by atoms with Gasteiger partial charge in [0.1, 0.15) is 0 Å². The number of nitrogens with one attached hydrogen (secondary N) is 1. The molecule has 0 aliphatic carbocycles. The maximum atomic E-state index is 4.39. The molecule has 3 nitrogen and oxygen atoms in total. The predicted molar refractivity (Wildman–Crippen MR) is 67.1 cm³/mol. The molecular weight excluding hydrogens is 198 g/mol. The Morgan fingerprint density at radius 2 is 1.88 bits per heavy atom. The minimum Gasteiger partial charge on any atom is -0.380 e. The van der Waals surface area contributed by atoms with Crippen molar-refractivity contribution in [2.45, 2.75) is 26.8 Å². The highest BCUT2D eigenvalue weighted by molar-refractivity contribution is 5.49. The van der Waals surface area contributed by atoms with Crippen molar-refractivity contribution in [1.82, 2.24) is 9.78 Å². The number of nitrogens with zero attached hydrogens (tertiary/aromatic N) is 2. The smallest absolute Gasteiger partial charge is 0.0762 e. The molecule has 1 aromatic carbocycles. The second-order valence-corrected chi connectivity index (χ2v) is 4.19. The van der Waals surface area contributed by atoms with Crippen molar-refractivity contribution in [1.29, 1.82) is 0 Å². The second-order valence-electron chi connectivity index (χ2n) is 4.19. The van der Waals surface area contributed by atoms with Crippen molar-refractivity contribution in [3.8, 4) is 5.69 Å². The largest absolute Gasteiger partial charge is 0.380 e. The molecule has 3 heteroatoms. The quantitative estimate of drug-likeness (QED) is 0.853. The number of aromatic nitrogens is 2. The molecule has 0 spiro atoms. The Labute approximate surface area is 96.1 Å². The van der Waals surface area contributed by atoms with Gasteiger partial charge >= 0.3 is 0 Å². The van der Waals surface area contributed by atoms with E-state index in [0.29, 0.717) is 6.04 Å². The van der Waals surface area contributed by atoms with E-state index in [1.54, 1.807) is 0 Å². The molecule has 1 heterocycles. The topological polar surface area (TPSA) is 29.9 Å². The van der Waals surface area contributed by atoms with Crippen LogP contribution in [-0.4, -0.2) is 15.8 Å². The van der Waals surface area contributed by atoms with E-state index in [4.69, 9.17) is 0 Å². The molecule has 1 aromatic heterocycles. The monoisotopic (exact) mass is 215 g/mol. The Bertz CT molecular complexity index is 457. The molecule has 0 saturated carbocycles. The van der Waals surface area contributed by atoms with Gasteiger partial charge in [0.05, 0.1) is 23.3 Å². The van der Waals surface area contributed by atoms with Gasteiger partial charge in [-0.15, -0.1) is 0 Å². The summed E-state index contributed by atoms with van der Waals surface area (Å²) in [5, 5.41) is 7.77. The van der Waals surface area contributed by atoms with Crippen LogP contribution in [0.25, 0.3) is 5.69 Å². The molecule has 0 amide bonds. The first kappa shape index (κ1) is 10.7. The van der Waals surface area contributed by atoms with Gasteiger partial charge in [-0.1, -0.05) is 18.2 Å². The third kappa shape index (κ3) is 2.08. The van der Waals surface area contributed by atoms with Crippen LogP contribution in [0.1, 0.15) is 19.5 Å². The van der Waals surface area contributed by atoms with Crippen LogP contribution in [0.4, 0.5) is 5.69 Å². The molecule has 2 aromatic rings. The highest BCUT2D eigenvalue weighted by atomic mass is 15.3. The lowest BCUT2D eigenvalue weighted by molar-refractivity contribution is 0.844. The van der Waals surface area contributed by atoms with Crippen LogP contribution in [0, 0.1) is 6.92 Å². The molecule has 0 bridgehead atoms. The molecule has 0 aliphatic heterocycles. The van der Waals surface area contributed by atoms with Gasteiger partial charge in [-0.3, -0.25) is 0 Å². The van der Waals surface area contributed by atoms with E-state index in [0.717, 1.165) is 17.1 Å². The van der Waals surface area contributed by atoms with Gasteiger partial charge in [-0.2, -0.15) is 5.10 Å². The molecule has 2 rings (SSSR count). The summed E-state index contributed by atoms with van der Waals surface area (Å²) in [6.45, 7) is 6.32. The molecule has 0 radical (unpaired) electrons. The van der Waals surface area contributed by atoms with Crippen LogP contribution in [0.2, 0.25) is 0 Å². The van der Waals surface area contributed by atoms with Gasteiger partial charge in [0.15, 0.2) is 0 Å². The molecule has 0 atom stereocenters. The average molecular weight is 215 g/mol. The van der Waals surface area contributed by atoms with Crippen molar-refractivity contribution in [3.05, 3.63) is 42.2 Å². The van der Waals surface area contributed by atoms with Crippen LogP contribution in [0.5, 0.6) is 0 Å². The fourth-order valence-corrected chi connectivity index (χ4v) is 1.69. The normalized spacial score (nSPS) is 10.8. The molecule has 0 fully saturated rings. The van der Waals surface area contributed by atoms with Gasteiger partial charge in [-0.05, 0) is 32.9 Å². The number of hydrogen-bond acceptors (Lipinski definition) is 2. The zero-order chi connectivity index (χ0) is 11.5. The summed E-state index contributed by atoms with van der Waals surface area (Å²) in [4.78, 5) is 0. The summed E-state index contributed by atoms with van der Waals surface area (Å²) in [5.41, 5.74) is 3.33. The lowest BCUT2D eigenvalue weighted by atomic mass is 10.3. The van der Waals surface area contributed by atoms with E-state index in [-0.39, 0.29) is 0 Å². The zero-order valence-electron chi connectivity index (χ0n) is 9.94. The third-order valence-corrected chi connectivity index (χ3v) is 2.45. The summed E-state index contributed by atoms with van der Waals surface area (Å²) >= 11 is 0. The van der Waals surface area contributed by atoms with Crippen LogP contribution >= 0.6 is 0 Å². The van der Waals surface area contributed by atoms with E-state index in [9.17, 15) is 0 Å². The number of hydrogen-bond donors (Lipinski definition) is 1. The number of anilines is 1. The van der Waals surface area contributed by atoms with Crippen molar-refractivity contribution in [2.24, 2.45) is 0 Å². The predicted octanol–water partition coefficient (Wildman–Crippen LogP) is 3.00. The average Bonchev–Trinajstić information content (AvgIpc) is 2.61. The minimum atomic E-state index is 0.423. The van der Waals surface area contributed by atoms with Crippen molar-refractivity contribution in [2.75, 3.05) is 5.32 Å². The standard InChI is InChI=1S/C13H17N3/c1-10(2)15-13-9-14-16(11(13)3)12-7-5-4-6-8-12/h4-10,15H,1-3H3. The van der Waals surface area contributed by atoms with E-state index in [2.05, 4.69) is 43.3 Å². The van der Waals surface area contributed by atoms with E-state index in [1.165, 1.54) is 0 Å². The summed E-state index contributed by atoms with van der Waals surface area (Å²) in [6.07, 6.45) is 1.88. The Balaban J connectivity index is 2.34. The highest BCUT2D eigenvalue weighted by Crippen LogP contribution is 2.18. The van der Waals surface area contributed by atoms with Gasteiger partial charge in [0, 0.05) is 6.04 Å². The molecule has 84 valence electrons. The Hall–Kier alpha value is -1.77. The van der Waals surface area contributed by atoms with Crippen molar-refractivity contribution >= 4 is 5.69 Å². The number of para-hydroxylation sites is 1. The molecule has 0 saturated heterocycles. The number of benzene rings is 1. The van der Waals surface area contributed by atoms with Gasteiger partial charge in [-0.25, -0.2) is 4.68 Å². The maximum Gasteiger partial charge on any atom is 0.0762 e. The minimum absolute atomic E-state index is 0.423. The van der Waals surface area contributed by atoms with Crippen LogP contribution in [-0.2, 0) is 0 Å². The molecule has 1 N–H and O–H groups in total. The van der Waals surface area contributed by atoms with Crippen molar-refractivity contribution < 1.29 is 0 Å². The van der Waals surface area contributed by atoms with Gasteiger partial charge in [0.25, 0.3) is 0 Å². The summed E-state index contributed by atoms with van der Waals surface area (Å²) in [6, 6.07) is 10.6. The SMILES string of the molecule is Cc1c(NC(C)C)cnn1-c1ccccc1.